The summed E-state index contributed by atoms with van der Waals surface area (Å²) in [6.45, 7) is 2.30. The van der Waals surface area contributed by atoms with Gasteiger partial charge in [0, 0.05) is 23.9 Å². The lowest BCUT2D eigenvalue weighted by Crippen LogP contribution is -2.34. The van der Waals surface area contributed by atoms with Crippen molar-refractivity contribution in [1.82, 2.24) is 10.3 Å². The summed E-state index contributed by atoms with van der Waals surface area (Å²) in [5.41, 5.74) is 5.60. The number of likely N-dealkylation sites (N-methyl/N-ethyl adjacent to an activating group) is 1. The van der Waals surface area contributed by atoms with Crippen LogP contribution in [-0.2, 0) is 17.8 Å². The molecule has 0 spiro atoms. The van der Waals surface area contributed by atoms with Crippen LogP contribution >= 0.6 is 0 Å². The van der Waals surface area contributed by atoms with Gasteiger partial charge in [0.2, 0.25) is 5.89 Å². The largest absolute Gasteiger partial charge is 0.436 e. The molecular weight excluding hydrogens is 374 g/mol. The summed E-state index contributed by atoms with van der Waals surface area (Å²) in [5, 5.41) is 6.62. The van der Waals surface area contributed by atoms with Gasteiger partial charge in [-0.05, 0) is 49.7 Å². The van der Waals surface area contributed by atoms with Crippen LogP contribution in [0, 0.1) is 0 Å². The highest BCUT2D eigenvalue weighted by Gasteiger charge is 2.18. The van der Waals surface area contributed by atoms with Gasteiger partial charge in [-0.3, -0.25) is 4.79 Å². The molecule has 3 aromatic carbocycles. The molecule has 0 saturated heterocycles. The fourth-order valence-electron chi connectivity index (χ4n) is 3.52. The molecule has 152 valence electrons. The zero-order valence-electron chi connectivity index (χ0n) is 17.2. The maximum atomic E-state index is 12.0. The maximum absolute atomic E-state index is 12.0. The molecule has 0 aliphatic rings. The number of ketones is 1. The van der Waals surface area contributed by atoms with Gasteiger partial charge < -0.3 is 15.1 Å². The van der Waals surface area contributed by atoms with Gasteiger partial charge in [-0.15, -0.1) is 0 Å². The molecule has 0 radical (unpaired) electrons. The number of carbonyl (C=O) groups is 1. The Bertz CT molecular complexity index is 1140. The summed E-state index contributed by atoms with van der Waals surface area (Å²) in [6.07, 6.45) is 0.576. The molecule has 4 rings (SSSR count). The zero-order valence-corrected chi connectivity index (χ0v) is 17.2. The van der Waals surface area contributed by atoms with E-state index in [1.165, 1.54) is 5.56 Å². The van der Waals surface area contributed by atoms with Crippen molar-refractivity contribution in [3.63, 3.8) is 0 Å². The van der Waals surface area contributed by atoms with Gasteiger partial charge in [0.15, 0.2) is 5.58 Å². The van der Waals surface area contributed by atoms with E-state index in [4.69, 9.17) is 4.42 Å². The number of nitrogens with one attached hydrogen (secondary N) is 2. The Morgan fingerprint density at radius 1 is 1.03 bits per heavy atom. The molecule has 0 bridgehead atoms. The van der Waals surface area contributed by atoms with Crippen LogP contribution in [0.1, 0.15) is 18.1 Å². The summed E-state index contributed by atoms with van der Waals surface area (Å²) in [7, 11) is 1.81. The Balaban J connectivity index is 1.71. The first-order valence-electron chi connectivity index (χ1n) is 10.1. The molecular formula is C25H25N3O2. The highest BCUT2D eigenvalue weighted by atomic mass is 16.3. The molecule has 0 saturated carbocycles. The zero-order chi connectivity index (χ0) is 20.9. The summed E-state index contributed by atoms with van der Waals surface area (Å²) in [5.74, 6) is 0.699. The van der Waals surface area contributed by atoms with Crippen LogP contribution in [0.4, 0.5) is 5.69 Å². The smallest absolute Gasteiger partial charge is 0.227 e. The first-order chi connectivity index (χ1) is 14.6. The molecule has 2 N–H and O–H groups in total. The van der Waals surface area contributed by atoms with Crippen LogP contribution in [0.5, 0.6) is 0 Å². The average Bonchev–Trinajstić information content (AvgIpc) is 3.19. The third-order valence-corrected chi connectivity index (χ3v) is 5.22. The second-order valence-corrected chi connectivity index (χ2v) is 7.36. The first kappa shape index (κ1) is 19.9. The normalized spacial score (nSPS) is 12.1. The van der Waals surface area contributed by atoms with Crippen molar-refractivity contribution in [2.45, 2.75) is 25.9 Å². The van der Waals surface area contributed by atoms with Crippen LogP contribution < -0.4 is 10.6 Å². The van der Waals surface area contributed by atoms with E-state index in [0.29, 0.717) is 18.9 Å². The van der Waals surface area contributed by atoms with E-state index in [2.05, 4.69) is 27.8 Å². The summed E-state index contributed by atoms with van der Waals surface area (Å²) < 4.78 is 6.05. The van der Waals surface area contributed by atoms with Crippen LogP contribution in [0.3, 0.4) is 0 Å². The molecule has 0 amide bonds. The number of carbonyl (C=O) groups excluding carboxylic acids is 1. The Morgan fingerprint density at radius 3 is 2.40 bits per heavy atom. The van der Waals surface area contributed by atoms with Gasteiger partial charge in [-0.2, -0.15) is 0 Å². The van der Waals surface area contributed by atoms with E-state index < -0.39 is 0 Å². The summed E-state index contributed by atoms with van der Waals surface area (Å²) >= 11 is 0. The number of hydrogen-bond donors (Lipinski definition) is 2. The lowest BCUT2D eigenvalue weighted by molar-refractivity contribution is -0.118. The number of nitrogens with zero attached hydrogens (tertiary/aromatic N) is 1. The Morgan fingerprint density at radius 2 is 1.73 bits per heavy atom. The minimum absolute atomic E-state index is 0.108. The number of Topliss-reactive ketones (excluding diaryl/α,β-unsaturated/α-hetero) is 1. The van der Waals surface area contributed by atoms with Crippen LogP contribution in [0.2, 0.25) is 0 Å². The van der Waals surface area contributed by atoms with E-state index in [-0.39, 0.29) is 11.8 Å². The highest BCUT2D eigenvalue weighted by molar-refractivity contribution is 5.84. The molecule has 0 aliphatic carbocycles. The second kappa shape index (κ2) is 8.93. The Kier molecular flexibility index (Phi) is 5.91. The van der Waals surface area contributed by atoms with Crippen LogP contribution in [-0.4, -0.2) is 23.9 Å². The number of aromatic nitrogens is 1. The van der Waals surface area contributed by atoms with Crippen molar-refractivity contribution >= 4 is 22.6 Å². The van der Waals surface area contributed by atoms with Crippen molar-refractivity contribution in [2.75, 3.05) is 12.4 Å². The van der Waals surface area contributed by atoms with Crippen LogP contribution in [0.15, 0.2) is 77.2 Å². The summed E-state index contributed by atoms with van der Waals surface area (Å²) in [6, 6.07) is 23.8. The van der Waals surface area contributed by atoms with E-state index in [9.17, 15) is 4.79 Å². The van der Waals surface area contributed by atoms with Crippen molar-refractivity contribution < 1.29 is 9.21 Å². The number of oxazole rings is 1. The molecule has 5 heteroatoms. The number of rotatable bonds is 8. The first-order valence-corrected chi connectivity index (χ1v) is 10.1. The number of fused-ring (bicyclic) bond motifs is 1. The Hall–Kier alpha value is -3.44. The van der Waals surface area contributed by atoms with E-state index in [1.54, 1.807) is 6.92 Å². The van der Waals surface area contributed by atoms with Gasteiger partial charge in [-0.1, -0.05) is 48.5 Å². The molecule has 0 aliphatic heterocycles. The molecule has 5 nitrogen and oxygen atoms in total. The van der Waals surface area contributed by atoms with E-state index in [1.807, 2.05) is 67.7 Å². The topological polar surface area (TPSA) is 67.2 Å². The van der Waals surface area contributed by atoms with E-state index >= 15 is 0 Å². The van der Waals surface area contributed by atoms with Crippen molar-refractivity contribution in [2.24, 2.45) is 0 Å². The molecule has 1 heterocycles. The predicted molar refractivity (Wildman–Crippen MR) is 120 cm³/mol. The number of benzene rings is 3. The molecule has 1 unspecified atom stereocenters. The predicted octanol–water partition coefficient (Wildman–Crippen LogP) is 4.83. The quantitative estimate of drug-likeness (QED) is 0.444. The van der Waals surface area contributed by atoms with Gasteiger partial charge in [-0.25, -0.2) is 4.98 Å². The minimum atomic E-state index is -0.250. The van der Waals surface area contributed by atoms with Gasteiger partial charge in [0.25, 0.3) is 0 Å². The van der Waals surface area contributed by atoms with Gasteiger partial charge >= 0.3 is 0 Å². The maximum Gasteiger partial charge on any atom is 0.227 e. The fourth-order valence-corrected chi connectivity index (χ4v) is 3.52. The third-order valence-electron chi connectivity index (χ3n) is 5.22. The molecule has 1 atom stereocenters. The Labute approximate surface area is 176 Å². The van der Waals surface area contributed by atoms with Gasteiger partial charge in [0.05, 0.1) is 6.04 Å². The lowest BCUT2D eigenvalue weighted by Gasteiger charge is -2.17. The molecule has 1 aromatic heterocycles. The second-order valence-electron chi connectivity index (χ2n) is 7.36. The number of anilines is 1. The monoisotopic (exact) mass is 399 g/mol. The number of hydrogen-bond acceptors (Lipinski definition) is 5. The van der Waals surface area contributed by atoms with Gasteiger partial charge in [0.1, 0.15) is 11.3 Å². The van der Waals surface area contributed by atoms with E-state index in [0.717, 1.165) is 27.9 Å². The van der Waals surface area contributed by atoms with Crippen molar-refractivity contribution in [3.8, 4) is 11.5 Å². The average molecular weight is 399 g/mol. The fraction of sp³-hybridized carbons (Fsp3) is 0.200. The standard InChI is InChI=1S/C25H25N3O2/c1-17(29)21(26-2)13-20-14-23-24(30-25(28-23)19-11-7-4-8-12-19)15-22(20)27-16-18-9-5-3-6-10-18/h3-12,14-15,21,26-27H,13,16H2,1-2H3. The third kappa shape index (κ3) is 4.42. The molecule has 30 heavy (non-hydrogen) atoms. The summed E-state index contributed by atoms with van der Waals surface area (Å²) in [4.78, 5) is 16.7. The van der Waals surface area contributed by atoms with Crippen LogP contribution in [0.25, 0.3) is 22.6 Å². The SMILES string of the molecule is CNC(Cc1cc2nc(-c3ccccc3)oc2cc1NCc1ccccc1)C(C)=O. The molecule has 0 fully saturated rings. The van der Waals surface area contributed by atoms with Crippen molar-refractivity contribution in [3.05, 3.63) is 83.9 Å². The van der Waals surface area contributed by atoms with Crippen molar-refractivity contribution in [1.29, 1.82) is 0 Å². The lowest BCUT2D eigenvalue weighted by atomic mass is 10.0. The highest BCUT2D eigenvalue weighted by Crippen LogP contribution is 2.30. The minimum Gasteiger partial charge on any atom is -0.436 e. The molecule has 4 aromatic rings.